The lowest BCUT2D eigenvalue weighted by Gasteiger charge is -2.02. The van der Waals surface area contributed by atoms with Crippen molar-refractivity contribution in [1.82, 2.24) is 20.1 Å². The molecule has 0 spiro atoms. The van der Waals surface area contributed by atoms with E-state index in [9.17, 15) is 4.79 Å². The van der Waals surface area contributed by atoms with Crippen LogP contribution in [0.4, 0.5) is 5.13 Å². The van der Waals surface area contributed by atoms with E-state index in [1.165, 1.54) is 11.3 Å². The average molecular weight is 421 g/mol. The van der Waals surface area contributed by atoms with Gasteiger partial charge in [-0.25, -0.2) is 4.98 Å². The summed E-state index contributed by atoms with van der Waals surface area (Å²) in [6.45, 7) is 1.98. The highest BCUT2D eigenvalue weighted by molar-refractivity contribution is 7.16. The van der Waals surface area contributed by atoms with Crippen LogP contribution in [0.2, 0.25) is 0 Å². The number of rotatable bonds is 7. The summed E-state index contributed by atoms with van der Waals surface area (Å²) < 4.78 is 10.4. The SMILES string of the molecule is COc1ccc(-c2nc(NC(=O)CCc3nc(-c4ccncc4)no3)sc2C)cc1. The molecular weight excluding hydrogens is 402 g/mol. The van der Waals surface area contributed by atoms with Crippen LogP contribution in [0.15, 0.2) is 53.3 Å². The number of pyridine rings is 1. The van der Waals surface area contributed by atoms with Crippen molar-refractivity contribution in [3.8, 4) is 28.4 Å². The highest BCUT2D eigenvalue weighted by Gasteiger charge is 2.14. The van der Waals surface area contributed by atoms with Gasteiger partial charge in [0, 0.05) is 41.2 Å². The van der Waals surface area contributed by atoms with E-state index in [2.05, 4.69) is 25.4 Å². The van der Waals surface area contributed by atoms with E-state index >= 15 is 0 Å². The monoisotopic (exact) mass is 421 g/mol. The molecule has 0 aliphatic rings. The highest BCUT2D eigenvalue weighted by Crippen LogP contribution is 2.31. The van der Waals surface area contributed by atoms with Crippen LogP contribution in [0, 0.1) is 6.92 Å². The molecule has 0 saturated carbocycles. The van der Waals surface area contributed by atoms with E-state index < -0.39 is 0 Å². The summed E-state index contributed by atoms with van der Waals surface area (Å²) in [7, 11) is 1.63. The van der Waals surface area contributed by atoms with Crippen molar-refractivity contribution >= 4 is 22.4 Å². The van der Waals surface area contributed by atoms with Gasteiger partial charge in [0.1, 0.15) is 5.75 Å². The Balaban J connectivity index is 1.36. The van der Waals surface area contributed by atoms with E-state index in [0.717, 1.165) is 27.4 Å². The minimum Gasteiger partial charge on any atom is -0.497 e. The molecule has 0 aliphatic heterocycles. The first-order valence-corrected chi connectivity index (χ1v) is 10.1. The fraction of sp³-hybridized carbons (Fsp3) is 0.190. The lowest BCUT2D eigenvalue weighted by Crippen LogP contribution is -2.12. The Bertz CT molecular complexity index is 1140. The molecule has 0 aliphatic carbocycles. The number of aromatic nitrogens is 4. The molecule has 0 fully saturated rings. The predicted molar refractivity (Wildman–Crippen MR) is 113 cm³/mol. The first-order chi connectivity index (χ1) is 14.6. The molecule has 152 valence electrons. The number of nitrogens with one attached hydrogen (secondary N) is 1. The highest BCUT2D eigenvalue weighted by atomic mass is 32.1. The number of anilines is 1. The fourth-order valence-corrected chi connectivity index (χ4v) is 3.70. The van der Waals surface area contributed by atoms with Gasteiger partial charge in [0.15, 0.2) is 5.13 Å². The standard InChI is InChI=1S/C21H19N5O3S/c1-13-19(14-3-5-16(28-2)6-4-14)25-21(30-13)23-17(27)7-8-18-24-20(26-29-18)15-9-11-22-12-10-15/h3-6,9-12H,7-8H2,1-2H3,(H,23,25,27). The summed E-state index contributed by atoms with van der Waals surface area (Å²) in [5, 5.41) is 7.36. The minimum absolute atomic E-state index is 0.159. The summed E-state index contributed by atoms with van der Waals surface area (Å²) in [6.07, 6.45) is 3.89. The molecule has 1 N–H and O–H groups in total. The van der Waals surface area contributed by atoms with Crippen molar-refractivity contribution in [3.05, 3.63) is 59.6 Å². The first kappa shape index (κ1) is 19.7. The van der Waals surface area contributed by atoms with Crippen LogP contribution in [0.25, 0.3) is 22.6 Å². The second kappa shape index (κ2) is 8.83. The van der Waals surface area contributed by atoms with Gasteiger partial charge in [-0.1, -0.05) is 5.16 Å². The number of aryl methyl sites for hydroxylation is 2. The Morgan fingerprint density at radius 3 is 2.60 bits per heavy atom. The number of hydrogen-bond acceptors (Lipinski definition) is 8. The Labute approximate surface area is 177 Å². The van der Waals surface area contributed by atoms with Gasteiger partial charge in [-0.2, -0.15) is 4.98 Å². The number of amides is 1. The van der Waals surface area contributed by atoms with Crippen LogP contribution < -0.4 is 10.1 Å². The van der Waals surface area contributed by atoms with Crippen molar-refractivity contribution < 1.29 is 14.1 Å². The summed E-state index contributed by atoms with van der Waals surface area (Å²) in [4.78, 5) is 26.2. The molecule has 4 aromatic rings. The van der Waals surface area contributed by atoms with Crippen molar-refractivity contribution in [3.63, 3.8) is 0 Å². The van der Waals surface area contributed by atoms with Gasteiger partial charge < -0.3 is 14.6 Å². The molecule has 3 aromatic heterocycles. The number of nitrogens with zero attached hydrogens (tertiary/aromatic N) is 4. The minimum atomic E-state index is -0.159. The second-order valence-electron chi connectivity index (χ2n) is 6.45. The van der Waals surface area contributed by atoms with Crippen LogP contribution in [-0.2, 0) is 11.2 Å². The Kier molecular flexibility index (Phi) is 5.80. The summed E-state index contributed by atoms with van der Waals surface area (Å²) in [6, 6.07) is 11.3. The molecule has 0 atom stereocenters. The maximum Gasteiger partial charge on any atom is 0.227 e. The van der Waals surface area contributed by atoms with Gasteiger partial charge in [-0.05, 0) is 43.3 Å². The molecule has 30 heavy (non-hydrogen) atoms. The molecule has 0 saturated heterocycles. The molecule has 1 aromatic carbocycles. The number of benzene rings is 1. The normalized spacial score (nSPS) is 10.7. The summed E-state index contributed by atoms with van der Waals surface area (Å²) in [5.74, 6) is 1.51. The smallest absolute Gasteiger partial charge is 0.227 e. The van der Waals surface area contributed by atoms with Gasteiger partial charge in [-0.15, -0.1) is 11.3 Å². The summed E-state index contributed by atoms with van der Waals surface area (Å²) >= 11 is 1.44. The van der Waals surface area contributed by atoms with Crippen molar-refractivity contribution in [2.24, 2.45) is 0 Å². The molecular formula is C21H19N5O3S. The number of thiazole rings is 1. The number of carbonyl (C=O) groups is 1. The molecule has 1 amide bonds. The molecule has 9 heteroatoms. The summed E-state index contributed by atoms with van der Waals surface area (Å²) in [5.41, 5.74) is 2.63. The lowest BCUT2D eigenvalue weighted by molar-refractivity contribution is -0.116. The van der Waals surface area contributed by atoms with Gasteiger partial charge in [0.05, 0.1) is 12.8 Å². The third-order valence-corrected chi connectivity index (χ3v) is 5.27. The van der Waals surface area contributed by atoms with E-state index in [-0.39, 0.29) is 12.3 Å². The van der Waals surface area contributed by atoms with Crippen LogP contribution in [-0.4, -0.2) is 33.1 Å². The number of methoxy groups -OCH3 is 1. The average Bonchev–Trinajstić information content (AvgIpc) is 3.39. The molecule has 0 radical (unpaired) electrons. The lowest BCUT2D eigenvalue weighted by atomic mass is 10.1. The third-order valence-electron chi connectivity index (χ3n) is 4.38. The zero-order valence-corrected chi connectivity index (χ0v) is 17.3. The van der Waals surface area contributed by atoms with Gasteiger partial charge in [0.25, 0.3) is 0 Å². The van der Waals surface area contributed by atoms with Crippen molar-refractivity contribution in [2.75, 3.05) is 12.4 Å². The van der Waals surface area contributed by atoms with Crippen LogP contribution in [0.3, 0.4) is 0 Å². The third kappa shape index (κ3) is 4.52. The second-order valence-corrected chi connectivity index (χ2v) is 7.65. The molecule has 4 rings (SSSR count). The molecule has 8 nitrogen and oxygen atoms in total. The van der Waals surface area contributed by atoms with Crippen molar-refractivity contribution in [2.45, 2.75) is 19.8 Å². The maximum atomic E-state index is 12.3. The fourth-order valence-electron chi connectivity index (χ4n) is 2.84. The van der Waals surface area contributed by atoms with Gasteiger partial charge in [0.2, 0.25) is 17.6 Å². The van der Waals surface area contributed by atoms with E-state index in [0.29, 0.717) is 23.3 Å². The molecule has 3 heterocycles. The van der Waals surface area contributed by atoms with E-state index in [1.54, 1.807) is 31.6 Å². The molecule has 0 bridgehead atoms. The van der Waals surface area contributed by atoms with Crippen molar-refractivity contribution in [1.29, 1.82) is 0 Å². The Hall–Kier alpha value is -3.59. The topological polar surface area (TPSA) is 103 Å². The van der Waals surface area contributed by atoms with Crippen LogP contribution >= 0.6 is 11.3 Å². The number of ether oxygens (including phenoxy) is 1. The van der Waals surface area contributed by atoms with Gasteiger partial charge >= 0.3 is 0 Å². The number of hydrogen-bond donors (Lipinski definition) is 1. The first-order valence-electron chi connectivity index (χ1n) is 9.27. The zero-order valence-electron chi connectivity index (χ0n) is 16.5. The van der Waals surface area contributed by atoms with Crippen LogP contribution in [0.1, 0.15) is 17.2 Å². The maximum absolute atomic E-state index is 12.3. The van der Waals surface area contributed by atoms with E-state index in [1.807, 2.05) is 31.2 Å². The Morgan fingerprint density at radius 2 is 1.87 bits per heavy atom. The Morgan fingerprint density at radius 1 is 1.10 bits per heavy atom. The zero-order chi connectivity index (χ0) is 20.9. The quantitative estimate of drug-likeness (QED) is 0.478. The van der Waals surface area contributed by atoms with Gasteiger partial charge in [-0.3, -0.25) is 9.78 Å². The van der Waals surface area contributed by atoms with Crippen LogP contribution in [0.5, 0.6) is 5.75 Å². The largest absolute Gasteiger partial charge is 0.497 e. The number of carbonyl (C=O) groups excluding carboxylic acids is 1. The predicted octanol–water partition coefficient (Wildman–Crippen LogP) is 4.14. The van der Waals surface area contributed by atoms with E-state index in [4.69, 9.17) is 9.26 Å². The molecule has 0 unspecified atom stereocenters.